The van der Waals surface area contributed by atoms with Gasteiger partial charge in [0.25, 0.3) is 0 Å². The summed E-state index contributed by atoms with van der Waals surface area (Å²) in [5.74, 6) is 1.37. The van der Waals surface area contributed by atoms with Gasteiger partial charge in [-0.1, -0.05) is 23.5 Å². The van der Waals surface area contributed by atoms with E-state index in [2.05, 4.69) is 25.3 Å². The molecule has 3 N–H and O–H groups in total. The highest BCUT2D eigenvalue weighted by molar-refractivity contribution is 7.99. The van der Waals surface area contributed by atoms with Gasteiger partial charge in [-0.15, -0.1) is 0 Å². The minimum absolute atomic E-state index is 0.240. The molecule has 0 saturated heterocycles. The van der Waals surface area contributed by atoms with Crippen molar-refractivity contribution in [2.24, 2.45) is 0 Å². The van der Waals surface area contributed by atoms with Gasteiger partial charge in [0.1, 0.15) is 16.3 Å². The van der Waals surface area contributed by atoms with Crippen LogP contribution in [0.2, 0.25) is 0 Å². The van der Waals surface area contributed by atoms with Crippen LogP contribution in [-0.2, 0) is 0 Å². The first-order valence-corrected chi connectivity index (χ1v) is 11.0. The zero-order valence-electron chi connectivity index (χ0n) is 15.9. The van der Waals surface area contributed by atoms with Crippen LogP contribution in [0, 0.1) is 0 Å². The summed E-state index contributed by atoms with van der Waals surface area (Å²) in [5.41, 5.74) is 0.838. The van der Waals surface area contributed by atoms with E-state index in [1.807, 2.05) is 38.5 Å². The Hall–Kier alpha value is -1.94. The highest BCUT2D eigenvalue weighted by Crippen LogP contribution is 2.31. The van der Waals surface area contributed by atoms with Crippen molar-refractivity contribution in [2.75, 3.05) is 19.4 Å². The van der Waals surface area contributed by atoms with Crippen LogP contribution in [0.25, 0.3) is 10.9 Å². The largest absolute Gasteiger partial charge is 0.488 e. The standard InChI is InChI=1S/C19H24N6OS2/c1-20-13-6-8-14(9-7-13)26-15-5-3-4-12-10-22-18(25-17(12)15)24-16-11-23-19(27-16)28-21-2/h3-5,10-11,13-14,20-21H,6-9H2,1-2H3,(H,22,24,25). The maximum absolute atomic E-state index is 6.34. The number of ether oxygens (including phenoxy) is 1. The second-order valence-corrected chi connectivity index (χ2v) is 8.98. The van der Waals surface area contributed by atoms with Crippen molar-refractivity contribution < 1.29 is 4.74 Å². The van der Waals surface area contributed by atoms with Crippen LogP contribution in [0.3, 0.4) is 0 Å². The number of fused-ring (bicyclic) bond motifs is 1. The Morgan fingerprint density at radius 3 is 2.75 bits per heavy atom. The summed E-state index contributed by atoms with van der Waals surface area (Å²) in [5, 5.41) is 8.49. The van der Waals surface area contributed by atoms with Crippen LogP contribution in [-0.4, -0.2) is 41.2 Å². The predicted molar refractivity (Wildman–Crippen MR) is 116 cm³/mol. The van der Waals surface area contributed by atoms with Crippen LogP contribution >= 0.6 is 23.3 Å². The third-order valence-electron chi connectivity index (χ3n) is 4.86. The summed E-state index contributed by atoms with van der Waals surface area (Å²) >= 11 is 3.04. The number of benzene rings is 1. The number of nitrogens with zero attached hydrogens (tertiary/aromatic N) is 3. The molecule has 1 fully saturated rings. The van der Waals surface area contributed by atoms with E-state index in [4.69, 9.17) is 9.72 Å². The summed E-state index contributed by atoms with van der Waals surface area (Å²) in [6.45, 7) is 0. The number of para-hydroxylation sites is 1. The lowest BCUT2D eigenvalue weighted by molar-refractivity contribution is 0.143. The van der Waals surface area contributed by atoms with E-state index in [1.165, 1.54) is 11.9 Å². The molecule has 1 aliphatic rings. The van der Waals surface area contributed by atoms with Crippen molar-refractivity contribution in [1.29, 1.82) is 0 Å². The van der Waals surface area contributed by atoms with Gasteiger partial charge in [0.2, 0.25) is 5.95 Å². The van der Waals surface area contributed by atoms with E-state index in [1.54, 1.807) is 17.5 Å². The molecule has 9 heteroatoms. The van der Waals surface area contributed by atoms with Gasteiger partial charge in [-0.05, 0) is 57.8 Å². The van der Waals surface area contributed by atoms with Crippen molar-refractivity contribution in [3.8, 4) is 5.75 Å². The molecule has 0 atom stereocenters. The predicted octanol–water partition coefficient (Wildman–Crippen LogP) is 3.97. The second kappa shape index (κ2) is 9.04. The molecular weight excluding hydrogens is 392 g/mol. The van der Waals surface area contributed by atoms with E-state index in [9.17, 15) is 0 Å². The van der Waals surface area contributed by atoms with E-state index >= 15 is 0 Å². The molecular formula is C19H24N6OS2. The number of thiazole rings is 1. The van der Waals surface area contributed by atoms with Crippen molar-refractivity contribution in [3.05, 3.63) is 30.6 Å². The molecule has 1 aromatic carbocycles. The molecule has 2 heterocycles. The van der Waals surface area contributed by atoms with Crippen molar-refractivity contribution in [1.82, 2.24) is 25.0 Å². The van der Waals surface area contributed by atoms with E-state index in [0.717, 1.165) is 51.7 Å². The average molecular weight is 417 g/mol. The Labute approximate surface area is 172 Å². The Bertz CT molecular complexity index is 926. The highest BCUT2D eigenvalue weighted by Gasteiger charge is 2.22. The highest BCUT2D eigenvalue weighted by atomic mass is 32.2. The van der Waals surface area contributed by atoms with E-state index < -0.39 is 0 Å². The fraction of sp³-hybridized carbons (Fsp3) is 0.421. The minimum Gasteiger partial charge on any atom is -0.488 e. The monoisotopic (exact) mass is 416 g/mol. The van der Waals surface area contributed by atoms with Crippen LogP contribution in [0.4, 0.5) is 10.9 Å². The Morgan fingerprint density at radius 1 is 1.11 bits per heavy atom. The van der Waals surface area contributed by atoms with Crippen LogP contribution < -0.4 is 20.1 Å². The van der Waals surface area contributed by atoms with Gasteiger partial charge < -0.3 is 15.4 Å². The summed E-state index contributed by atoms with van der Waals surface area (Å²) < 4.78 is 10.3. The number of aromatic nitrogens is 3. The third-order valence-corrected chi connectivity index (χ3v) is 6.55. The number of hydrogen-bond acceptors (Lipinski definition) is 9. The lowest BCUT2D eigenvalue weighted by Gasteiger charge is -2.28. The topological polar surface area (TPSA) is 84.0 Å². The quantitative estimate of drug-likeness (QED) is 0.499. The fourth-order valence-electron chi connectivity index (χ4n) is 3.39. The molecule has 1 saturated carbocycles. The first kappa shape index (κ1) is 19.4. The number of hydrogen-bond donors (Lipinski definition) is 3. The molecule has 28 heavy (non-hydrogen) atoms. The number of nitrogens with one attached hydrogen (secondary N) is 3. The Balaban J connectivity index is 1.52. The molecule has 1 aliphatic carbocycles. The van der Waals surface area contributed by atoms with Crippen molar-refractivity contribution >= 4 is 45.1 Å². The SMILES string of the molecule is CNSc1ncc(Nc2ncc3cccc(OC4CCC(NC)CC4)c3n2)s1. The molecule has 3 aromatic rings. The van der Waals surface area contributed by atoms with Gasteiger partial charge >= 0.3 is 0 Å². The van der Waals surface area contributed by atoms with Gasteiger partial charge in [-0.25, -0.2) is 15.0 Å². The van der Waals surface area contributed by atoms with E-state index in [0.29, 0.717) is 12.0 Å². The molecule has 7 nitrogen and oxygen atoms in total. The van der Waals surface area contributed by atoms with Crippen LogP contribution in [0.15, 0.2) is 34.9 Å². The smallest absolute Gasteiger partial charge is 0.228 e. The van der Waals surface area contributed by atoms with Gasteiger partial charge in [0.15, 0.2) is 4.34 Å². The van der Waals surface area contributed by atoms with Gasteiger partial charge in [-0.3, -0.25) is 4.72 Å². The van der Waals surface area contributed by atoms with E-state index in [-0.39, 0.29) is 6.10 Å². The number of anilines is 2. The lowest BCUT2D eigenvalue weighted by atomic mass is 9.93. The number of rotatable bonds is 7. The molecule has 0 spiro atoms. The summed E-state index contributed by atoms with van der Waals surface area (Å²) in [4.78, 5) is 13.5. The van der Waals surface area contributed by atoms with Gasteiger partial charge in [0.05, 0.1) is 12.3 Å². The lowest BCUT2D eigenvalue weighted by Crippen LogP contribution is -2.34. The Kier molecular flexibility index (Phi) is 6.26. The third kappa shape index (κ3) is 4.54. The molecule has 2 aromatic heterocycles. The minimum atomic E-state index is 0.240. The fourth-order valence-corrected chi connectivity index (χ4v) is 4.90. The van der Waals surface area contributed by atoms with Gasteiger partial charge in [0, 0.05) is 17.6 Å². The first-order valence-electron chi connectivity index (χ1n) is 9.41. The van der Waals surface area contributed by atoms with Crippen LogP contribution in [0.5, 0.6) is 5.75 Å². The maximum Gasteiger partial charge on any atom is 0.228 e. The molecule has 4 rings (SSSR count). The van der Waals surface area contributed by atoms with Crippen molar-refractivity contribution in [3.63, 3.8) is 0 Å². The second-order valence-electron chi connectivity index (χ2n) is 6.69. The zero-order chi connectivity index (χ0) is 19.3. The average Bonchev–Trinajstić information content (AvgIpc) is 3.16. The summed E-state index contributed by atoms with van der Waals surface area (Å²) in [6, 6.07) is 6.61. The zero-order valence-corrected chi connectivity index (χ0v) is 17.6. The molecule has 0 aliphatic heterocycles. The molecule has 0 amide bonds. The van der Waals surface area contributed by atoms with Crippen molar-refractivity contribution in [2.45, 2.75) is 42.2 Å². The molecule has 0 radical (unpaired) electrons. The molecule has 148 valence electrons. The summed E-state index contributed by atoms with van der Waals surface area (Å²) in [6.07, 6.45) is 8.28. The molecule has 0 bridgehead atoms. The first-order chi connectivity index (χ1) is 13.7. The maximum atomic E-state index is 6.34. The summed E-state index contributed by atoms with van der Waals surface area (Å²) in [7, 11) is 3.91. The normalized spacial score (nSPS) is 19.6. The van der Waals surface area contributed by atoms with Gasteiger partial charge in [-0.2, -0.15) is 0 Å². The van der Waals surface area contributed by atoms with Crippen LogP contribution in [0.1, 0.15) is 25.7 Å². The Morgan fingerprint density at radius 2 is 1.96 bits per heavy atom. The molecule has 0 unspecified atom stereocenters.